The summed E-state index contributed by atoms with van der Waals surface area (Å²) in [5.41, 5.74) is 2.85. The third-order valence-corrected chi connectivity index (χ3v) is 4.04. The minimum absolute atomic E-state index is 0.0779. The summed E-state index contributed by atoms with van der Waals surface area (Å²) < 4.78 is 20.6. The Morgan fingerprint density at radius 1 is 1.07 bits per heavy atom. The van der Waals surface area contributed by atoms with E-state index in [1.807, 2.05) is 19.9 Å². The molecule has 0 unspecified atom stereocenters. The number of hydrogen-bond donors (Lipinski definition) is 1. The van der Waals surface area contributed by atoms with Gasteiger partial charge in [-0.3, -0.25) is 0 Å². The standard InChI is InChI=1S/C21H24O6/c1-13(2)6-9-16-17(24-3)10-14(19(20(16)22)21(23)26-5)7-8-15-11-27-12-18(15)25-4/h6-8,10-12,22H,9H2,1-5H3/b8-7+. The quantitative estimate of drug-likeness (QED) is 0.571. The van der Waals surface area contributed by atoms with Gasteiger partial charge in [0.25, 0.3) is 0 Å². The first-order valence-electron chi connectivity index (χ1n) is 8.35. The fraction of sp³-hybridized carbons (Fsp3) is 0.286. The molecule has 0 spiro atoms. The Morgan fingerprint density at radius 3 is 2.33 bits per heavy atom. The molecular formula is C21H24O6. The zero-order valence-corrected chi connectivity index (χ0v) is 16.2. The Morgan fingerprint density at radius 2 is 1.74 bits per heavy atom. The third-order valence-electron chi connectivity index (χ3n) is 4.04. The van der Waals surface area contributed by atoms with Gasteiger partial charge >= 0.3 is 5.97 Å². The van der Waals surface area contributed by atoms with Crippen molar-refractivity contribution in [3.05, 3.63) is 52.5 Å². The molecule has 0 saturated carbocycles. The smallest absolute Gasteiger partial charge is 0.342 e. The number of aromatic hydroxyl groups is 1. The molecule has 2 rings (SSSR count). The van der Waals surface area contributed by atoms with E-state index in [0.29, 0.717) is 34.6 Å². The number of methoxy groups -OCH3 is 3. The summed E-state index contributed by atoms with van der Waals surface area (Å²) in [7, 11) is 4.33. The lowest BCUT2D eigenvalue weighted by Gasteiger charge is -2.15. The molecule has 0 bridgehead atoms. The predicted molar refractivity (Wildman–Crippen MR) is 103 cm³/mol. The van der Waals surface area contributed by atoms with Crippen LogP contribution in [0.15, 0.2) is 34.7 Å². The Hall–Kier alpha value is -3.15. The highest BCUT2D eigenvalue weighted by atomic mass is 16.5. The van der Waals surface area contributed by atoms with E-state index >= 15 is 0 Å². The first kappa shape index (κ1) is 20.2. The van der Waals surface area contributed by atoms with Crippen molar-refractivity contribution in [2.75, 3.05) is 21.3 Å². The first-order valence-corrected chi connectivity index (χ1v) is 8.35. The lowest BCUT2D eigenvalue weighted by Crippen LogP contribution is -2.07. The highest BCUT2D eigenvalue weighted by molar-refractivity contribution is 5.98. The molecular weight excluding hydrogens is 348 g/mol. The number of ether oxygens (including phenoxy) is 3. The summed E-state index contributed by atoms with van der Waals surface area (Å²) in [6.07, 6.45) is 8.77. The molecule has 0 aliphatic heterocycles. The Kier molecular flexibility index (Phi) is 6.71. The summed E-state index contributed by atoms with van der Waals surface area (Å²) in [6.45, 7) is 3.92. The number of carbonyl (C=O) groups excluding carboxylic acids is 1. The molecule has 1 aromatic heterocycles. The second kappa shape index (κ2) is 8.98. The maximum atomic E-state index is 12.3. The number of esters is 1. The summed E-state index contributed by atoms with van der Waals surface area (Å²) >= 11 is 0. The van der Waals surface area contributed by atoms with Crippen molar-refractivity contribution in [1.29, 1.82) is 0 Å². The van der Waals surface area contributed by atoms with Gasteiger partial charge in [-0.2, -0.15) is 0 Å². The van der Waals surface area contributed by atoms with Crippen LogP contribution >= 0.6 is 0 Å². The van der Waals surface area contributed by atoms with Crippen LogP contribution in [-0.2, 0) is 11.2 Å². The maximum absolute atomic E-state index is 12.3. The average Bonchev–Trinajstić information content (AvgIpc) is 3.11. The predicted octanol–water partition coefficient (Wildman–Crippen LogP) is 4.47. The van der Waals surface area contributed by atoms with Crippen molar-refractivity contribution in [3.63, 3.8) is 0 Å². The van der Waals surface area contributed by atoms with E-state index in [2.05, 4.69) is 0 Å². The van der Waals surface area contributed by atoms with Crippen molar-refractivity contribution < 1.29 is 28.5 Å². The van der Waals surface area contributed by atoms with Crippen LogP contribution in [0.4, 0.5) is 0 Å². The van der Waals surface area contributed by atoms with Crippen molar-refractivity contribution in [2.24, 2.45) is 0 Å². The number of phenolic OH excluding ortho intramolecular Hbond substituents is 1. The van der Waals surface area contributed by atoms with Crippen LogP contribution in [0.3, 0.4) is 0 Å². The van der Waals surface area contributed by atoms with Gasteiger partial charge in [0, 0.05) is 5.56 Å². The van der Waals surface area contributed by atoms with Crippen molar-refractivity contribution in [1.82, 2.24) is 0 Å². The normalized spacial score (nSPS) is 10.7. The van der Waals surface area contributed by atoms with Crippen molar-refractivity contribution in [3.8, 4) is 17.2 Å². The zero-order valence-electron chi connectivity index (χ0n) is 16.2. The van der Waals surface area contributed by atoms with E-state index in [4.69, 9.17) is 18.6 Å². The molecule has 27 heavy (non-hydrogen) atoms. The Balaban J connectivity index is 2.60. The van der Waals surface area contributed by atoms with Gasteiger partial charge in [0.2, 0.25) is 0 Å². The summed E-state index contributed by atoms with van der Waals surface area (Å²) in [5.74, 6) is 0.253. The van der Waals surface area contributed by atoms with Gasteiger partial charge < -0.3 is 23.7 Å². The van der Waals surface area contributed by atoms with E-state index in [1.54, 1.807) is 18.2 Å². The monoisotopic (exact) mass is 372 g/mol. The number of phenols is 1. The summed E-state index contributed by atoms with van der Waals surface area (Å²) in [4.78, 5) is 12.3. The van der Waals surface area contributed by atoms with Gasteiger partial charge in [-0.15, -0.1) is 0 Å². The molecule has 0 saturated heterocycles. The minimum Gasteiger partial charge on any atom is -0.507 e. The molecule has 0 aliphatic carbocycles. The summed E-state index contributed by atoms with van der Waals surface area (Å²) in [5, 5.41) is 10.8. The maximum Gasteiger partial charge on any atom is 0.342 e. The van der Waals surface area contributed by atoms with Gasteiger partial charge in [-0.25, -0.2) is 4.79 Å². The molecule has 6 nitrogen and oxygen atoms in total. The fourth-order valence-corrected chi connectivity index (χ4v) is 2.60. The van der Waals surface area contributed by atoms with E-state index in [1.165, 1.54) is 33.9 Å². The van der Waals surface area contributed by atoms with Gasteiger partial charge in [0.05, 0.1) is 26.9 Å². The molecule has 144 valence electrons. The topological polar surface area (TPSA) is 78.1 Å². The molecule has 6 heteroatoms. The number of benzene rings is 1. The third kappa shape index (κ3) is 4.53. The van der Waals surface area contributed by atoms with Crippen LogP contribution in [0, 0.1) is 0 Å². The molecule has 1 aromatic carbocycles. The van der Waals surface area contributed by atoms with Gasteiger partial charge in [-0.05, 0) is 38.0 Å². The number of hydrogen-bond acceptors (Lipinski definition) is 6. The molecule has 1 N–H and O–H groups in total. The van der Waals surface area contributed by atoms with Crippen molar-refractivity contribution >= 4 is 18.1 Å². The second-order valence-electron chi connectivity index (χ2n) is 6.08. The Labute approximate surface area is 158 Å². The van der Waals surface area contributed by atoms with E-state index in [9.17, 15) is 9.90 Å². The molecule has 0 fully saturated rings. The van der Waals surface area contributed by atoms with Crippen LogP contribution in [0.25, 0.3) is 12.2 Å². The molecule has 0 atom stereocenters. The average molecular weight is 372 g/mol. The van der Waals surface area contributed by atoms with Crippen LogP contribution < -0.4 is 9.47 Å². The van der Waals surface area contributed by atoms with Crippen LogP contribution in [0.5, 0.6) is 17.2 Å². The highest BCUT2D eigenvalue weighted by Crippen LogP contribution is 2.37. The van der Waals surface area contributed by atoms with Crippen LogP contribution in [-0.4, -0.2) is 32.4 Å². The second-order valence-corrected chi connectivity index (χ2v) is 6.08. The van der Waals surface area contributed by atoms with E-state index in [-0.39, 0.29) is 11.3 Å². The van der Waals surface area contributed by atoms with Crippen LogP contribution in [0.2, 0.25) is 0 Å². The highest BCUT2D eigenvalue weighted by Gasteiger charge is 2.22. The summed E-state index contributed by atoms with van der Waals surface area (Å²) in [6, 6.07) is 1.70. The SMILES string of the molecule is COC(=O)c1c(/C=C/c2cocc2OC)cc(OC)c(CC=C(C)C)c1O. The first-order chi connectivity index (χ1) is 12.9. The van der Waals surface area contributed by atoms with Crippen LogP contribution in [0.1, 0.15) is 40.9 Å². The lowest BCUT2D eigenvalue weighted by atomic mass is 9.97. The largest absolute Gasteiger partial charge is 0.507 e. The Bertz CT molecular complexity index is 869. The number of furan rings is 1. The lowest BCUT2D eigenvalue weighted by molar-refractivity contribution is 0.0597. The molecule has 0 radical (unpaired) electrons. The van der Waals surface area contributed by atoms with Crippen molar-refractivity contribution in [2.45, 2.75) is 20.3 Å². The zero-order chi connectivity index (χ0) is 20.0. The molecule has 1 heterocycles. The van der Waals surface area contributed by atoms with Gasteiger partial charge in [-0.1, -0.05) is 17.7 Å². The van der Waals surface area contributed by atoms with Gasteiger partial charge in [0.15, 0.2) is 5.75 Å². The number of rotatable bonds is 7. The molecule has 2 aromatic rings. The molecule has 0 aliphatic rings. The van der Waals surface area contributed by atoms with E-state index in [0.717, 1.165) is 5.57 Å². The molecule has 0 amide bonds. The fourth-order valence-electron chi connectivity index (χ4n) is 2.60. The van der Waals surface area contributed by atoms with E-state index < -0.39 is 5.97 Å². The number of allylic oxidation sites excluding steroid dienone is 2. The number of carbonyl (C=O) groups is 1. The van der Waals surface area contributed by atoms with Gasteiger partial charge in [0.1, 0.15) is 29.6 Å². The minimum atomic E-state index is -0.632.